The number of rotatable bonds is 5. The summed E-state index contributed by atoms with van der Waals surface area (Å²) in [5.41, 5.74) is 0.615. The standard InChI is InChI=1S/C24H22ClFN4O3/c1-29-13-18(23(32)27-16-7-5-15(25)6-8-16)19(14-29)24(33)28-21-10-9-17(12-20(21)26)30-11-3-2-4-22(30)31/h2-12,18-19H,13-14H2,1H3,(H,27,32)(H,28,33)/t18-,19-/m0/s1. The van der Waals surface area contributed by atoms with Crippen LogP contribution >= 0.6 is 11.6 Å². The van der Waals surface area contributed by atoms with E-state index in [1.54, 1.807) is 42.5 Å². The number of hydrogen-bond acceptors (Lipinski definition) is 4. The molecule has 2 aromatic carbocycles. The van der Waals surface area contributed by atoms with Crippen LogP contribution in [0.15, 0.2) is 71.7 Å². The molecule has 0 radical (unpaired) electrons. The molecule has 0 saturated carbocycles. The molecule has 9 heteroatoms. The topological polar surface area (TPSA) is 83.4 Å². The lowest BCUT2D eigenvalue weighted by molar-refractivity contribution is -0.127. The van der Waals surface area contributed by atoms with Crippen LogP contribution in [0.25, 0.3) is 5.69 Å². The van der Waals surface area contributed by atoms with Gasteiger partial charge in [0.15, 0.2) is 0 Å². The van der Waals surface area contributed by atoms with Crippen LogP contribution in [0.1, 0.15) is 0 Å². The normalized spacial score (nSPS) is 18.2. The van der Waals surface area contributed by atoms with Crippen molar-refractivity contribution in [2.75, 3.05) is 30.8 Å². The molecule has 33 heavy (non-hydrogen) atoms. The predicted molar refractivity (Wildman–Crippen MR) is 125 cm³/mol. The van der Waals surface area contributed by atoms with Gasteiger partial charge in [-0.15, -0.1) is 0 Å². The van der Waals surface area contributed by atoms with Crippen molar-refractivity contribution < 1.29 is 14.0 Å². The van der Waals surface area contributed by atoms with Crippen molar-refractivity contribution in [3.05, 3.63) is 88.1 Å². The molecule has 3 aromatic rings. The maximum Gasteiger partial charge on any atom is 0.255 e. The summed E-state index contributed by atoms with van der Waals surface area (Å²) >= 11 is 5.88. The van der Waals surface area contributed by atoms with Crippen LogP contribution in [0.2, 0.25) is 5.02 Å². The molecule has 7 nitrogen and oxygen atoms in total. The molecule has 2 amide bonds. The molecular formula is C24H22ClFN4O3. The average molecular weight is 469 g/mol. The van der Waals surface area contributed by atoms with Crippen molar-refractivity contribution in [1.29, 1.82) is 0 Å². The maximum absolute atomic E-state index is 14.7. The van der Waals surface area contributed by atoms with E-state index >= 15 is 0 Å². The molecule has 4 rings (SSSR count). The van der Waals surface area contributed by atoms with Crippen LogP contribution in [0.4, 0.5) is 15.8 Å². The Morgan fingerprint density at radius 3 is 2.27 bits per heavy atom. The van der Waals surface area contributed by atoms with E-state index < -0.39 is 23.6 Å². The third-order valence-electron chi connectivity index (χ3n) is 5.60. The molecule has 1 fully saturated rings. The summed E-state index contributed by atoms with van der Waals surface area (Å²) in [5.74, 6) is -2.67. The van der Waals surface area contributed by atoms with E-state index in [0.29, 0.717) is 29.5 Å². The molecule has 1 aliphatic heterocycles. The van der Waals surface area contributed by atoms with Gasteiger partial charge in [-0.2, -0.15) is 0 Å². The van der Waals surface area contributed by atoms with E-state index in [2.05, 4.69) is 10.6 Å². The summed E-state index contributed by atoms with van der Waals surface area (Å²) in [7, 11) is 1.82. The molecule has 170 valence electrons. The minimum Gasteiger partial charge on any atom is -0.326 e. The minimum absolute atomic E-state index is 0.0147. The van der Waals surface area contributed by atoms with Gasteiger partial charge in [0.1, 0.15) is 5.82 Å². The largest absolute Gasteiger partial charge is 0.326 e. The zero-order chi connectivity index (χ0) is 23.5. The van der Waals surface area contributed by atoms with Crippen LogP contribution in [-0.4, -0.2) is 41.4 Å². The number of aromatic nitrogens is 1. The number of nitrogens with one attached hydrogen (secondary N) is 2. The van der Waals surface area contributed by atoms with Gasteiger partial charge in [-0.3, -0.25) is 19.0 Å². The van der Waals surface area contributed by atoms with Gasteiger partial charge in [-0.1, -0.05) is 17.7 Å². The first-order valence-electron chi connectivity index (χ1n) is 10.4. The Labute approximate surface area is 194 Å². The molecule has 1 saturated heterocycles. The SMILES string of the molecule is CN1C[C@H](C(=O)Nc2ccc(Cl)cc2)[C@@H](C(=O)Nc2ccc(-n3ccccc3=O)cc2F)C1. The van der Waals surface area contributed by atoms with Gasteiger partial charge in [-0.05, 0) is 49.5 Å². The Balaban J connectivity index is 1.48. The van der Waals surface area contributed by atoms with Gasteiger partial charge in [-0.25, -0.2) is 4.39 Å². The Morgan fingerprint density at radius 2 is 1.64 bits per heavy atom. The van der Waals surface area contributed by atoms with Crippen LogP contribution in [0.3, 0.4) is 0 Å². The summed E-state index contributed by atoms with van der Waals surface area (Å²) in [6.07, 6.45) is 1.54. The summed E-state index contributed by atoms with van der Waals surface area (Å²) in [6, 6.07) is 15.5. The van der Waals surface area contributed by atoms with Gasteiger partial charge >= 0.3 is 0 Å². The van der Waals surface area contributed by atoms with Gasteiger partial charge in [0.2, 0.25) is 11.8 Å². The smallest absolute Gasteiger partial charge is 0.255 e. The molecule has 0 unspecified atom stereocenters. The minimum atomic E-state index is -0.676. The first-order chi connectivity index (χ1) is 15.8. The lowest BCUT2D eigenvalue weighted by Gasteiger charge is -2.18. The summed E-state index contributed by atoms with van der Waals surface area (Å²) in [4.78, 5) is 39.7. The number of halogens is 2. The van der Waals surface area contributed by atoms with E-state index in [0.717, 1.165) is 0 Å². The fraction of sp³-hybridized carbons (Fsp3) is 0.208. The van der Waals surface area contributed by atoms with Crippen molar-refractivity contribution in [2.45, 2.75) is 0 Å². The van der Waals surface area contributed by atoms with E-state index in [4.69, 9.17) is 11.6 Å². The quantitative estimate of drug-likeness (QED) is 0.601. The number of nitrogens with zero attached hydrogens (tertiary/aromatic N) is 2. The molecular weight excluding hydrogens is 447 g/mol. The number of amides is 2. The Bertz CT molecular complexity index is 1240. The van der Waals surface area contributed by atoms with Gasteiger partial charge < -0.3 is 15.5 Å². The fourth-order valence-electron chi connectivity index (χ4n) is 3.92. The number of carbonyl (C=O) groups is 2. The highest BCUT2D eigenvalue weighted by Gasteiger charge is 2.40. The monoisotopic (exact) mass is 468 g/mol. The zero-order valence-corrected chi connectivity index (χ0v) is 18.6. The van der Waals surface area contributed by atoms with E-state index in [1.807, 2.05) is 11.9 Å². The molecule has 1 aromatic heterocycles. The first kappa shape index (κ1) is 22.7. The zero-order valence-electron chi connectivity index (χ0n) is 17.8. The van der Waals surface area contributed by atoms with Crippen LogP contribution in [0, 0.1) is 17.7 Å². The maximum atomic E-state index is 14.7. The number of carbonyl (C=O) groups excluding carboxylic acids is 2. The van der Waals surface area contributed by atoms with Crippen LogP contribution < -0.4 is 16.2 Å². The molecule has 2 N–H and O–H groups in total. The van der Waals surface area contributed by atoms with Crippen molar-refractivity contribution in [1.82, 2.24) is 9.47 Å². The summed E-state index contributed by atoms with van der Waals surface area (Å²) in [5, 5.41) is 5.96. The molecule has 2 heterocycles. The van der Waals surface area contributed by atoms with Crippen molar-refractivity contribution in [3.8, 4) is 5.69 Å². The number of benzene rings is 2. The lowest BCUT2D eigenvalue weighted by Crippen LogP contribution is -2.35. The third kappa shape index (κ3) is 5.13. The van der Waals surface area contributed by atoms with Crippen molar-refractivity contribution >= 4 is 34.8 Å². The average Bonchev–Trinajstić information content (AvgIpc) is 3.19. The van der Waals surface area contributed by atoms with Gasteiger partial charge in [0.05, 0.1) is 23.2 Å². The number of hydrogen-bond donors (Lipinski definition) is 2. The number of likely N-dealkylation sites (tertiary alicyclic amines) is 1. The molecule has 0 spiro atoms. The van der Waals surface area contributed by atoms with E-state index in [9.17, 15) is 18.8 Å². The summed E-state index contributed by atoms with van der Waals surface area (Å²) in [6.45, 7) is 0.763. The molecule has 1 aliphatic rings. The highest BCUT2D eigenvalue weighted by atomic mass is 35.5. The Kier molecular flexibility index (Phi) is 6.57. The van der Waals surface area contributed by atoms with Gasteiger partial charge in [0, 0.05) is 42.1 Å². The molecule has 0 aliphatic carbocycles. The van der Waals surface area contributed by atoms with Crippen LogP contribution in [0.5, 0.6) is 0 Å². The third-order valence-corrected chi connectivity index (χ3v) is 5.85. The van der Waals surface area contributed by atoms with E-state index in [-0.39, 0.29) is 17.2 Å². The van der Waals surface area contributed by atoms with Crippen molar-refractivity contribution in [2.24, 2.45) is 11.8 Å². The second-order valence-corrected chi connectivity index (χ2v) is 8.43. The predicted octanol–water partition coefficient (Wildman–Crippen LogP) is 3.39. The highest BCUT2D eigenvalue weighted by molar-refractivity contribution is 6.30. The first-order valence-corrected chi connectivity index (χ1v) is 10.7. The lowest BCUT2D eigenvalue weighted by atomic mass is 9.94. The molecule has 0 bridgehead atoms. The Hall–Kier alpha value is -3.49. The Morgan fingerprint density at radius 1 is 0.970 bits per heavy atom. The van der Waals surface area contributed by atoms with Gasteiger partial charge in [0.25, 0.3) is 5.56 Å². The second kappa shape index (κ2) is 9.56. The van der Waals surface area contributed by atoms with E-state index in [1.165, 1.54) is 29.0 Å². The molecule has 2 atom stereocenters. The number of anilines is 2. The number of pyridine rings is 1. The summed E-state index contributed by atoms with van der Waals surface area (Å²) < 4.78 is 16.0. The fourth-order valence-corrected chi connectivity index (χ4v) is 4.05. The second-order valence-electron chi connectivity index (χ2n) is 7.99. The van der Waals surface area contributed by atoms with Crippen LogP contribution in [-0.2, 0) is 9.59 Å². The van der Waals surface area contributed by atoms with Crippen molar-refractivity contribution in [3.63, 3.8) is 0 Å². The highest BCUT2D eigenvalue weighted by Crippen LogP contribution is 2.27.